The van der Waals surface area contributed by atoms with Crippen molar-refractivity contribution in [1.29, 1.82) is 0 Å². The van der Waals surface area contributed by atoms with Gasteiger partial charge in [-0.2, -0.15) is 0 Å². The van der Waals surface area contributed by atoms with Gasteiger partial charge in [0.2, 0.25) is 0 Å². The summed E-state index contributed by atoms with van der Waals surface area (Å²) in [5.74, 6) is -0.0782. The molecule has 1 aromatic heterocycles. The number of nitrogens with zero attached hydrogens (tertiary/aromatic N) is 1. The van der Waals surface area contributed by atoms with Gasteiger partial charge in [0.15, 0.2) is 0 Å². The van der Waals surface area contributed by atoms with Crippen LogP contribution in [0.2, 0.25) is 0 Å². The average Bonchev–Trinajstić information content (AvgIpc) is 2.88. The summed E-state index contributed by atoms with van der Waals surface area (Å²) in [5.41, 5.74) is 2.21. The molecule has 1 aromatic carbocycles. The number of benzene rings is 1. The van der Waals surface area contributed by atoms with Crippen molar-refractivity contribution in [3.8, 4) is 0 Å². The summed E-state index contributed by atoms with van der Waals surface area (Å²) >= 11 is 1.55. The minimum atomic E-state index is -0.861. The van der Waals surface area contributed by atoms with Crippen LogP contribution in [0.1, 0.15) is 25.0 Å². The molecule has 22 heavy (non-hydrogen) atoms. The molecule has 1 heterocycles. The molecular formula is C18H17NO2S. The van der Waals surface area contributed by atoms with Crippen LogP contribution in [0, 0.1) is 5.41 Å². The highest BCUT2D eigenvalue weighted by Crippen LogP contribution is 2.38. The maximum absolute atomic E-state index is 12.0. The van der Waals surface area contributed by atoms with Gasteiger partial charge in [-0.1, -0.05) is 18.2 Å². The Hall–Kier alpha value is -2.07. The molecule has 0 N–H and O–H groups in total. The van der Waals surface area contributed by atoms with Crippen molar-refractivity contribution < 1.29 is 9.59 Å². The van der Waals surface area contributed by atoms with Gasteiger partial charge in [0.25, 0.3) is 0 Å². The van der Waals surface area contributed by atoms with Crippen LogP contribution >= 0.6 is 11.3 Å². The van der Waals surface area contributed by atoms with Crippen LogP contribution in [0.5, 0.6) is 0 Å². The quantitative estimate of drug-likeness (QED) is 0.817. The maximum Gasteiger partial charge on any atom is 0.144 e. The maximum atomic E-state index is 12.0. The number of hydrogen-bond donors (Lipinski definition) is 0. The van der Waals surface area contributed by atoms with Crippen LogP contribution in [0.4, 0.5) is 5.69 Å². The molecule has 0 spiro atoms. The van der Waals surface area contributed by atoms with E-state index in [2.05, 4.69) is 4.99 Å². The van der Waals surface area contributed by atoms with E-state index in [1.54, 1.807) is 11.3 Å². The molecule has 3 rings (SSSR count). The van der Waals surface area contributed by atoms with E-state index in [1.165, 1.54) is 13.8 Å². The van der Waals surface area contributed by atoms with E-state index in [0.29, 0.717) is 12.8 Å². The highest BCUT2D eigenvalue weighted by Gasteiger charge is 2.45. The molecule has 0 radical (unpaired) electrons. The molecule has 112 valence electrons. The van der Waals surface area contributed by atoms with Crippen molar-refractivity contribution in [3.05, 3.63) is 57.6 Å². The van der Waals surface area contributed by atoms with Gasteiger partial charge >= 0.3 is 0 Å². The average molecular weight is 311 g/mol. The lowest BCUT2D eigenvalue weighted by atomic mass is 9.77. The van der Waals surface area contributed by atoms with E-state index in [-0.39, 0.29) is 11.6 Å². The number of carbonyl (C=O) groups is 2. The zero-order chi connectivity index (χ0) is 15.7. The minimum absolute atomic E-state index is 0.0391. The van der Waals surface area contributed by atoms with Gasteiger partial charge in [0.1, 0.15) is 16.2 Å². The summed E-state index contributed by atoms with van der Waals surface area (Å²) in [6.45, 7) is 3.04. The van der Waals surface area contributed by atoms with Gasteiger partial charge < -0.3 is 0 Å². The molecule has 0 bridgehead atoms. The van der Waals surface area contributed by atoms with Crippen LogP contribution in [0.3, 0.4) is 0 Å². The SMILES string of the molecule is CC(=O)C1(C(C)=O)Cc2csc(=Nc3ccccc3)cc2C1. The minimum Gasteiger partial charge on any atom is -0.299 e. The highest BCUT2D eigenvalue weighted by molar-refractivity contribution is 7.07. The first-order valence-corrected chi connectivity index (χ1v) is 8.12. The predicted octanol–water partition coefficient (Wildman–Crippen LogP) is 3.24. The number of ketones is 2. The lowest BCUT2D eigenvalue weighted by Gasteiger charge is -2.21. The molecule has 0 amide bonds. The Labute approximate surface area is 133 Å². The number of fused-ring (bicyclic) bond motifs is 1. The number of rotatable bonds is 3. The fourth-order valence-electron chi connectivity index (χ4n) is 2.95. The fourth-order valence-corrected chi connectivity index (χ4v) is 3.82. The van der Waals surface area contributed by atoms with Gasteiger partial charge in [0, 0.05) is 0 Å². The Balaban J connectivity index is 2.01. The summed E-state index contributed by atoms with van der Waals surface area (Å²) in [6, 6.07) is 11.8. The molecule has 1 aliphatic rings. The van der Waals surface area contributed by atoms with E-state index in [0.717, 1.165) is 21.5 Å². The van der Waals surface area contributed by atoms with Crippen LogP contribution in [0.25, 0.3) is 0 Å². The summed E-state index contributed by atoms with van der Waals surface area (Å²) in [7, 11) is 0. The summed E-state index contributed by atoms with van der Waals surface area (Å²) in [4.78, 5) is 28.6. The van der Waals surface area contributed by atoms with Crippen molar-refractivity contribution in [2.24, 2.45) is 10.4 Å². The molecule has 0 saturated heterocycles. The van der Waals surface area contributed by atoms with Gasteiger partial charge in [-0.15, -0.1) is 11.3 Å². The van der Waals surface area contributed by atoms with Gasteiger partial charge in [-0.25, -0.2) is 4.99 Å². The summed E-state index contributed by atoms with van der Waals surface area (Å²) in [6.07, 6.45) is 1.02. The van der Waals surface area contributed by atoms with E-state index in [9.17, 15) is 9.59 Å². The number of carbonyl (C=O) groups excluding carboxylic acids is 2. The van der Waals surface area contributed by atoms with Crippen molar-refractivity contribution in [3.63, 3.8) is 0 Å². The van der Waals surface area contributed by atoms with Crippen LogP contribution in [0.15, 0.2) is 46.8 Å². The molecule has 2 aromatic rings. The van der Waals surface area contributed by atoms with Crippen molar-refractivity contribution in [2.45, 2.75) is 26.7 Å². The Bertz CT molecular complexity index is 791. The van der Waals surface area contributed by atoms with E-state index in [4.69, 9.17) is 0 Å². The van der Waals surface area contributed by atoms with Crippen molar-refractivity contribution in [1.82, 2.24) is 0 Å². The van der Waals surface area contributed by atoms with Gasteiger partial charge in [-0.05, 0) is 61.4 Å². The highest BCUT2D eigenvalue weighted by atomic mass is 32.1. The normalized spacial score (nSPS) is 16.4. The number of Topliss-reactive ketones (excluding diaryl/α,β-unsaturated/α-hetero) is 2. The molecule has 4 heteroatoms. The van der Waals surface area contributed by atoms with Gasteiger partial charge in [0.05, 0.1) is 11.1 Å². The third-order valence-electron chi connectivity index (χ3n) is 4.36. The topological polar surface area (TPSA) is 46.5 Å². The zero-order valence-electron chi connectivity index (χ0n) is 12.6. The predicted molar refractivity (Wildman–Crippen MR) is 87.2 cm³/mol. The second-order valence-electron chi connectivity index (χ2n) is 5.76. The second kappa shape index (κ2) is 5.61. The third-order valence-corrected chi connectivity index (χ3v) is 5.21. The summed E-state index contributed by atoms with van der Waals surface area (Å²) < 4.78 is 0.896. The lowest BCUT2D eigenvalue weighted by Crippen LogP contribution is -2.37. The van der Waals surface area contributed by atoms with Crippen LogP contribution in [-0.2, 0) is 22.4 Å². The first-order chi connectivity index (χ1) is 10.5. The van der Waals surface area contributed by atoms with E-state index >= 15 is 0 Å². The Kier molecular flexibility index (Phi) is 3.79. The molecule has 0 unspecified atom stereocenters. The Morgan fingerprint density at radius 1 is 1.05 bits per heavy atom. The second-order valence-corrected chi connectivity index (χ2v) is 6.65. The molecule has 0 fully saturated rings. The van der Waals surface area contributed by atoms with E-state index < -0.39 is 5.41 Å². The molecule has 1 aliphatic carbocycles. The Morgan fingerprint density at radius 2 is 1.68 bits per heavy atom. The lowest BCUT2D eigenvalue weighted by molar-refractivity contribution is -0.137. The van der Waals surface area contributed by atoms with Crippen LogP contribution in [-0.4, -0.2) is 11.6 Å². The molecule has 3 nitrogen and oxygen atoms in total. The van der Waals surface area contributed by atoms with Gasteiger partial charge in [-0.3, -0.25) is 9.59 Å². The summed E-state index contributed by atoms with van der Waals surface area (Å²) in [5, 5.41) is 2.03. The monoisotopic (exact) mass is 311 g/mol. The number of hydrogen-bond acceptors (Lipinski definition) is 4. The molecular weight excluding hydrogens is 294 g/mol. The molecule has 0 atom stereocenters. The molecule has 0 saturated carbocycles. The third kappa shape index (κ3) is 2.55. The Morgan fingerprint density at radius 3 is 2.32 bits per heavy atom. The first kappa shape index (κ1) is 14.9. The fraction of sp³-hybridized carbons (Fsp3) is 0.278. The van der Waals surface area contributed by atoms with E-state index in [1.807, 2.05) is 41.8 Å². The largest absolute Gasteiger partial charge is 0.299 e. The first-order valence-electron chi connectivity index (χ1n) is 7.24. The molecule has 0 aliphatic heterocycles. The zero-order valence-corrected chi connectivity index (χ0v) is 13.4. The van der Waals surface area contributed by atoms with Crippen molar-refractivity contribution in [2.75, 3.05) is 0 Å². The van der Waals surface area contributed by atoms with Crippen LogP contribution < -0.4 is 4.67 Å². The number of para-hydroxylation sites is 1. The smallest absolute Gasteiger partial charge is 0.144 e. The van der Waals surface area contributed by atoms with Crippen molar-refractivity contribution >= 4 is 28.6 Å². The standard InChI is InChI=1S/C18H17NO2S/c1-12(20)18(13(2)21)9-14-8-17(22-11-15(14)10-18)19-16-6-4-3-5-7-16/h3-8,11H,9-10H2,1-2H3.